The molecule has 37 heavy (non-hydrogen) atoms. The van der Waals surface area contributed by atoms with Crippen molar-refractivity contribution < 1.29 is 24.0 Å². The first-order chi connectivity index (χ1) is 17.6. The van der Waals surface area contributed by atoms with E-state index in [1.54, 1.807) is 69.4 Å². The SMILES string of the molecule is CC(C)(C)OC(=O)N[C@@H](c1ccccc1[N+](=O)[O-])[C@@H](Oc1ccccc1)C(=O)N1CCc2cccnc21. The average molecular weight is 505 g/mol. The first-order valence-corrected chi connectivity index (χ1v) is 11.8. The minimum absolute atomic E-state index is 0.105. The van der Waals surface area contributed by atoms with E-state index in [0.29, 0.717) is 24.5 Å². The van der Waals surface area contributed by atoms with Gasteiger partial charge in [0.1, 0.15) is 23.2 Å². The minimum atomic E-state index is -1.37. The van der Waals surface area contributed by atoms with Gasteiger partial charge in [-0.2, -0.15) is 0 Å². The molecule has 0 aliphatic carbocycles. The van der Waals surface area contributed by atoms with E-state index in [-0.39, 0.29) is 11.3 Å². The topological polar surface area (TPSA) is 124 Å². The van der Waals surface area contributed by atoms with Crippen LogP contribution in [-0.2, 0) is 16.0 Å². The van der Waals surface area contributed by atoms with E-state index >= 15 is 0 Å². The third-order valence-electron chi connectivity index (χ3n) is 5.69. The summed E-state index contributed by atoms with van der Waals surface area (Å²) in [5.41, 5.74) is -0.0998. The van der Waals surface area contributed by atoms with Gasteiger partial charge in [-0.1, -0.05) is 36.4 Å². The highest BCUT2D eigenvalue weighted by Gasteiger charge is 2.42. The molecule has 0 saturated heterocycles. The number of aromatic nitrogens is 1. The van der Waals surface area contributed by atoms with Crippen molar-refractivity contribution in [2.24, 2.45) is 0 Å². The molecular formula is C27H28N4O6. The maximum absolute atomic E-state index is 14.1. The van der Waals surface area contributed by atoms with Gasteiger partial charge in [-0.25, -0.2) is 9.78 Å². The molecule has 2 heterocycles. The van der Waals surface area contributed by atoms with Gasteiger partial charge in [-0.3, -0.25) is 19.8 Å². The molecule has 4 rings (SSSR count). The predicted molar refractivity (Wildman–Crippen MR) is 136 cm³/mol. The third-order valence-corrected chi connectivity index (χ3v) is 5.69. The lowest BCUT2D eigenvalue weighted by Gasteiger charge is -2.31. The number of carbonyl (C=O) groups is 2. The molecule has 1 N–H and O–H groups in total. The fourth-order valence-corrected chi connectivity index (χ4v) is 4.15. The number of para-hydroxylation sites is 2. The molecule has 0 fully saturated rings. The van der Waals surface area contributed by atoms with Crippen LogP contribution in [-0.4, -0.2) is 40.2 Å². The highest BCUT2D eigenvalue weighted by molar-refractivity contribution is 5.98. The molecule has 3 aromatic rings. The van der Waals surface area contributed by atoms with Gasteiger partial charge < -0.3 is 14.8 Å². The van der Waals surface area contributed by atoms with Crippen molar-refractivity contribution in [1.29, 1.82) is 0 Å². The van der Waals surface area contributed by atoms with Gasteiger partial charge in [-0.05, 0) is 57.0 Å². The molecule has 1 aliphatic heterocycles. The Balaban J connectivity index is 1.81. The van der Waals surface area contributed by atoms with E-state index in [1.807, 2.05) is 6.07 Å². The van der Waals surface area contributed by atoms with Crippen LogP contribution in [0.1, 0.15) is 37.9 Å². The van der Waals surface area contributed by atoms with Crippen molar-refractivity contribution >= 4 is 23.5 Å². The molecule has 2 amide bonds. The Kier molecular flexibility index (Phi) is 7.37. The van der Waals surface area contributed by atoms with Crippen LogP contribution in [0.3, 0.4) is 0 Å². The standard InChI is InChI=1S/C27H28N4O6/c1-27(2,3)37-26(33)29-22(20-13-7-8-14-21(20)31(34)35)23(36-19-11-5-4-6-12-19)25(32)30-17-15-18-10-9-16-28-24(18)30/h4-14,16,22-23H,15,17H2,1-3H3,(H,29,33)/t22-,23+/m0/s1. The van der Waals surface area contributed by atoms with Crippen molar-refractivity contribution in [1.82, 2.24) is 10.3 Å². The smallest absolute Gasteiger partial charge is 0.408 e. The van der Waals surface area contributed by atoms with Gasteiger partial charge >= 0.3 is 6.09 Å². The second-order valence-corrected chi connectivity index (χ2v) is 9.52. The number of pyridine rings is 1. The summed E-state index contributed by atoms with van der Waals surface area (Å²) in [5, 5.41) is 14.6. The summed E-state index contributed by atoms with van der Waals surface area (Å²) in [6.07, 6.45) is -0.0208. The van der Waals surface area contributed by atoms with Crippen LogP contribution in [0.4, 0.5) is 16.3 Å². The number of nitro benzene ring substituents is 1. The van der Waals surface area contributed by atoms with Crippen LogP contribution in [0.25, 0.3) is 0 Å². The Hall–Kier alpha value is -4.47. The number of carbonyl (C=O) groups excluding carboxylic acids is 2. The number of nitrogens with one attached hydrogen (secondary N) is 1. The van der Waals surface area contributed by atoms with Crippen molar-refractivity contribution in [2.75, 3.05) is 11.4 Å². The molecule has 0 bridgehead atoms. The summed E-state index contributed by atoms with van der Waals surface area (Å²) in [5.74, 6) is 0.351. The van der Waals surface area contributed by atoms with Gasteiger partial charge in [0.05, 0.1) is 10.5 Å². The van der Waals surface area contributed by atoms with Gasteiger partial charge in [0.25, 0.3) is 11.6 Å². The van der Waals surface area contributed by atoms with E-state index < -0.39 is 34.7 Å². The zero-order valence-electron chi connectivity index (χ0n) is 20.8. The van der Waals surface area contributed by atoms with Crippen molar-refractivity contribution in [3.8, 4) is 5.75 Å². The second kappa shape index (κ2) is 10.7. The first kappa shape index (κ1) is 25.6. The molecule has 2 atom stereocenters. The molecule has 0 radical (unpaired) electrons. The van der Waals surface area contributed by atoms with Gasteiger partial charge in [-0.15, -0.1) is 0 Å². The quantitative estimate of drug-likeness (QED) is 0.369. The Morgan fingerprint density at radius 1 is 1.05 bits per heavy atom. The summed E-state index contributed by atoms with van der Waals surface area (Å²) in [7, 11) is 0. The lowest BCUT2D eigenvalue weighted by molar-refractivity contribution is -0.385. The number of amides is 2. The number of nitro groups is 1. The molecular weight excluding hydrogens is 476 g/mol. The first-order valence-electron chi connectivity index (χ1n) is 11.8. The number of fused-ring (bicyclic) bond motifs is 1. The minimum Gasteiger partial charge on any atom is -0.478 e. The van der Waals surface area contributed by atoms with E-state index in [2.05, 4.69) is 10.3 Å². The molecule has 10 heteroatoms. The Labute approximate surface area is 214 Å². The zero-order chi connectivity index (χ0) is 26.6. The second-order valence-electron chi connectivity index (χ2n) is 9.52. The summed E-state index contributed by atoms with van der Waals surface area (Å²) in [4.78, 5) is 44.2. The Morgan fingerprint density at radius 2 is 1.76 bits per heavy atom. The van der Waals surface area contributed by atoms with Crippen molar-refractivity contribution in [3.05, 3.63) is 94.2 Å². The van der Waals surface area contributed by atoms with Gasteiger partial charge in [0.2, 0.25) is 6.10 Å². The van der Waals surface area contributed by atoms with Crippen LogP contribution in [0, 0.1) is 10.1 Å². The molecule has 192 valence electrons. The summed E-state index contributed by atoms with van der Waals surface area (Å²) >= 11 is 0. The number of hydrogen-bond donors (Lipinski definition) is 1. The summed E-state index contributed by atoms with van der Waals surface area (Å²) in [6.45, 7) is 5.45. The molecule has 0 unspecified atom stereocenters. The maximum atomic E-state index is 14.1. The third kappa shape index (κ3) is 6.03. The Bertz CT molecular complexity index is 1290. The summed E-state index contributed by atoms with van der Waals surface area (Å²) < 4.78 is 11.6. The molecule has 10 nitrogen and oxygen atoms in total. The van der Waals surface area contributed by atoms with Crippen LogP contribution in [0.5, 0.6) is 5.75 Å². The molecule has 1 aromatic heterocycles. The lowest BCUT2D eigenvalue weighted by atomic mass is 9.98. The summed E-state index contributed by atoms with van der Waals surface area (Å²) in [6, 6.07) is 17.0. The van der Waals surface area contributed by atoms with E-state index in [1.165, 1.54) is 23.1 Å². The predicted octanol–water partition coefficient (Wildman–Crippen LogP) is 4.59. The van der Waals surface area contributed by atoms with E-state index in [4.69, 9.17) is 9.47 Å². The number of ether oxygens (including phenoxy) is 2. The van der Waals surface area contributed by atoms with Crippen molar-refractivity contribution in [3.63, 3.8) is 0 Å². The van der Waals surface area contributed by atoms with Crippen molar-refractivity contribution in [2.45, 2.75) is 44.9 Å². The van der Waals surface area contributed by atoms with Crippen LogP contribution >= 0.6 is 0 Å². The van der Waals surface area contributed by atoms with Gasteiger partial charge in [0.15, 0.2) is 0 Å². The maximum Gasteiger partial charge on any atom is 0.408 e. The average Bonchev–Trinajstić information content (AvgIpc) is 3.29. The molecule has 0 saturated carbocycles. The number of anilines is 1. The number of rotatable bonds is 7. The number of alkyl carbamates (subject to hydrolysis) is 1. The number of hydrogen-bond acceptors (Lipinski definition) is 7. The largest absolute Gasteiger partial charge is 0.478 e. The zero-order valence-corrected chi connectivity index (χ0v) is 20.8. The normalized spacial score (nSPS) is 14.3. The highest BCUT2D eigenvalue weighted by Crippen LogP contribution is 2.33. The molecule has 1 aliphatic rings. The van der Waals surface area contributed by atoms with Crippen LogP contribution in [0.2, 0.25) is 0 Å². The monoisotopic (exact) mass is 504 g/mol. The Morgan fingerprint density at radius 3 is 2.46 bits per heavy atom. The van der Waals surface area contributed by atoms with E-state index in [9.17, 15) is 19.7 Å². The fraction of sp³-hybridized carbons (Fsp3) is 0.296. The highest BCUT2D eigenvalue weighted by atomic mass is 16.6. The van der Waals surface area contributed by atoms with E-state index in [0.717, 1.165) is 5.56 Å². The van der Waals surface area contributed by atoms with Crippen LogP contribution in [0.15, 0.2) is 72.9 Å². The molecule has 2 aromatic carbocycles. The number of benzene rings is 2. The molecule has 0 spiro atoms. The fourth-order valence-electron chi connectivity index (χ4n) is 4.15. The number of nitrogens with zero attached hydrogens (tertiary/aromatic N) is 3. The lowest BCUT2D eigenvalue weighted by Crippen LogP contribution is -2.50. The van der Waals surface area contributed by atoms with Gasteiger partial charge in [0, 0.05) is 18.8 Å². The van der Waals surface area contributed by atoms with Crippen LogP contribution < -0.4 is 15.0 Å².